The summed E-state index contributed by atoms with van der Waals surface area (Å²) in [6.45, 7) is 21.7. The number of piperazine rings is 2. The molecule has 2 aliphatic rings. The Hall–Kier alpha value is -4.14. The van der Waals surface area contributed by atoms with Crippen molar-refractivity contribution in [1.29, 1.82) is 0 Å². The summed E-state index contributed by atoms with van der Waals surface area (Å²) >= 11 is 0. The molecule has 0 spiro atoms. The molecule has 2 aromatic carbocycles. The molecular weight excluding hydrogens is 636 g/mol. The number of ether oxygens (including phenoxy) is 2. The average Bonchev–Trinajstić information content (AvgIpc) is 3.11. The molecule has 2 aromatic rings. The second-order valence-electron chi connectivity index (χ2n) is 15.5. The van der Waals surface area contributed by atoms with Gasteiger partial charge in [-0.1, -0.05) is 102 Å². The van der Waals surface area contributed by atoms with E-state index in [9.17, 15) is 9.59 Å². The number of hydrogen-bond donors (Lipinski definition) is 0. The monoisotopic (exact) mass is 696 g/mol. The molecule has 2 heterocycles. The highest BCUT2D eigenvalue weighted by molar-refractivity contribution is 5.88. The molecule has 0 N–H and O–H groups in total. The molecule has 51 heavy (non-hydrogen) atoms. The minimum atomic E-state index is 0.0544. The predicted octanol–water partition coefficient (Wildman–Crippen LogP) is 6.82. The number of benzene rings is 2. The quantitative estimate of drug-likeness (QED) is 0.180. The number of allylic oxidation sites excluding steroid dienone is 4. The van der Waals surface area contributed by atoms with E-state index in [0.29, 0.717) is 0 Å². The van der Waals surface area contributed by atoms with Gasteiger partial charge in [-0.15, -0.1) is 0 Å². The van der Waals surface area contributed by atoms with Crippen molar-refractivity contribution in [3.05, 3.63) is 95.1 Å². The van der Waals surface area contributed by atoms with E-state index >= 15 is 0 Å². The van der Waals surface area contributed by atoms with E-state index in [2.05, 4.69) is 87.7 Å². The lowest BCUT2D eigenvalue weighted by molar-refractivity contribution is -0.128. The van der Waals surface area contributed by atoms with Crippen molar-refractivity contribution in [3.63, 3.8) is 0 Å². The van der Waals surface area contributed by atoms with Crippen LogP contribution in [0.15, 0.2) is 72.9 Å². The lowest BCUT2D eigenvalue weighted by atomic mass is 9.86. The summed E-state index contributed by atoms with van der Waals surface area (Å²) in [5, 5.41) is 0. The molecule has 4 rings (SSSR count). The normalized spacial score (nSPS) is 17.0. The fourth-order valence-electron chi connectivity index (χ4n) is 6.34. The number of rotatable bonds is 12. The van der Waals surface area contributed by atoms with Gasteiger partial charge in [0.15, 0.2) is 0 Å². The minimum Gasteiger partial charge on any atom is -0.496 e. The van der Waals surface area contributed by atoms with Gasteiger partial charge in [0.25, 0.3) is 0 Å². The Kier molecular flexibility index (Phi) is 14.3. The Morgan fingerprint density at radius 1 is 0.588 bits per heavy atom. The second-order valence-corrected chi connectivity index (χ2v) is 15.5. The topological polar surface area (TPSA) is 65.6 Å². The van der Waals surface area contributed by atoms with Crippen LogP contribution in [-0.2, 0) is 20.4 Å². The van der Waals surface area contributed by atoms with E-state index in [1.165, 1.54) is 11.1 Å². The van der Waals surface area contributed by atoms with E-state index in [-0.39, 0.29) is 22.6 Å². The van der Waals surface area contributed by atoms with E-state index in [1.54, 1.807) is 26.4 Å². The molecule has 276 valence electrons. The fourth-order valence-corrected chi connectivity index (χ4v) is 6.34. The van der Waals surface area contributed by atoms with Gasteiger partial charge in [0.05, 0.1) is 14.2 Å². The Labute approximate surface area is 307 Å². The van der Waals surface area contributed by atoms with Gasteiger partial charge < -0.3 is 19.3 Å². The first kappa shape index (κ1) is 39.6. The molecule has 0 bridgehead atoms. The Morgan fingerprint density at radius 2 is 0.961 bits per heavy atom. The van der Waals surface area contributed by atoms with Crippen molar-refractivity contribution >= 4 is 24.0 Å². The highest BCUT2D eigenvalue weighted by atomic mass is 16.5. The molecule has 0 aliphatic carbocycles. The highest BCUT2D eigenvalue weighted by Crippen LogP contribution is 2.30. The van der Waals surface area contributed by atoms with Crippen LogP contribution >= 0.6 is 0 Å². The number of carbonyl (C=O) groups excluding carboxylic acids is 2. The Morgan fingerprint density at radius 3 is 1.29 bits per heavy atom. The molecule has 8 nitrogen and oxygen atoms in total. The third-order valence-corrected chi connectivity index (χ3v) is 9.77. The number of nitrogens with zero attached hydrogens (tertiary/aromatic N) is 4. The summed E-state index contributed by atoms with van der Waals surface area (Å²) < 4.78 is 11.2. The van der Waals surface area contributed by atoms with Crippen LogP contribution in [0.5, 0.6) is 11.5 Å². The molecule has 2 aliphatic heterocycles. The molecular formula is C43H60N4O4. The Balaban J connectivity index is 1.11. The van der Waals surface area contributed by atoms with E-state index < -0.39 is 0 Å². The maximum atomic E-state index is 12.8. The first-order chi connectivity index (χ1) is 24.3. The number of carbonyl (C=O) groups is 2. The standard InChI is InChI=1S/C43H60N4O4/c1-42(2,3)36-20-18-34(38(32-36)50-7)14-9-11-16-40(48)46-28-24-44(25-29-46)22-13-23-45-26-30-47(31-27-45)41(49)17-12-10-15-35-19-21-37(43(4,5)6)33-39(35)51-8/h9-12,14-21,32-33H,13,22-31H2,1-8H3/b14-9+,15-10+,16-11+,17-12+. The minimum absolute atomic E-state index is 0.0544. The maximum Gasteiger partial charge on any atom is 0.246 e. The van der Waals surface area contributed by atoms with Crippen LogP contribution in [0.25, 0.3) is 12.2 Å². The van der Waals surface area contributed by atoms with Gasteiger partial charge in [0.2, 0.25) is 11.8 Å². The summed E-state index contributed by atoms with van der Waals surface area (Å²) in [5.74, 6) is 1.78. The van der Waals surface area contributed by atoms with Crippen LogP contribution < -0.4 is 9.47 Å². The first-order valence-corrected chi connectivity index (χ1v) is 18.4. The third-order valence-electron chi connectivity index (χ3n) is 9.77. The highest BCUT2D eigenvalue weighted by Gasteiger charge is 2.22. The molecule has 0 atom stereocenters. The van der Waals surface area contributed by atoms with Gasteiger partial charge in [-0.3, -0.25) is 19.4 Å². The number of amides is 2. The third kappa shape index (κ3) is 12.0. The van der Waals surface area contributed by atoms with Gasteiger partial charge >= 0.3 is 0 Å². The van der Waals surface area contributed by atoms with Crippen molar-refractivity contribution in [3.8, 4) is 11.5 Å². The van der Waals surface area contributed by atoms with E-state index in [4.69, 9.17) is 9.47 Å². The molecule has 2 amide bonds. The zero-order chi connectivity index (χ0) is 37.0. The van der Waals surface area contributed by atoms with Gasteiger partial charge in [-0.2, -0.15) is 0 Å². The summed E-state index contributed by atoms with van der Waals surface area (Å²) in [7, 11) is 3.38. The predicted molar refractivity (Wildman–Crippen MR) is 210 cm³/mol. The maximum absolute atomic E-state index is 12.8. The fraction of sp³-hybridized carbons (Fsp3) is 0.488. The Bertz CT molecular complexity index is 1460. The summed E-state index contributed by atoms with van der Waals surface area (Å²) in [4.78, 5) is 34.4. The average molecular weight is 697 g/mol. The second kappa shape index (κ2) is 18.4. The smallest absolute Gasteiger partial charge is 0.246 e. The molecule has 2 saturated heterocycles. The number of methoxy groups -OCH3 is 2. The summed E-state index contributed by atoms with van der Waals surface area (Å²) in [5.41, 5.74) is 4.54. The van der Waals surface area contributed by atoms with Crippen molar-refractivity contribution in [2.45, 2.75) is 58.8 Å². The van der Waals surface area contributed by atoms with Crippen LogP contribution in [0.4, 0.5) is 0 Å². The van der Waals surface area contributed by atoms with Crippen LogP contribution in [0, 0.1) is 0 Å². The molecule has 0 unspecified atom stereocenters. The van der Waals surface area contributed by atoms with Crippen LogP contribution in [0.2, 0.25) is 0 Å². The van der Waals surface area contributed by atoms with Crippen molar-refractivity contribution in [1.82, 2.24) is 19.6 Å². The summed E-state index contributed by atoms with van der Waals surface area (Å²) in [6, 6.07) is 12.6. The molecule has 0 saturated carbocycles. The summed E-state index contributed by atoms with van der Waals surface area (Å²) in [6.07, 6.45) is 15.8. The molecule has 2 fully saturated rings. The SMILES string of the molecule is COc1cc(C(C)(C)C)ccc1/C=C/C=C/C(=O)N1CCN(CCCN2CCN(C(=O)/C=C/C=C/c3ccc(C(C)(C)C)cc3OC)CC2)CC1. The van der Waals surface area contributed by atoms with Crippen molar-refractivity contribution < 1.29 is 19.1 Å². The van der Waals surface area contributed by atoms with Crippen LogP contribution in [-0.4, -0.2) is 111 Å². The first-order valence-electron chi connectivity index (χ1n) is 18.4. The van der Waals surface area contributed by atoms with Gasteiger partial charge in [0.1, 0.15) is 11.5 Å². The molecule has 0 radical (unpaired) electrons. The van der Waals surface area contributed by atoms with Gasteiger partial charge in [0, 0.05) is 75.6 Å². The molecule has 0 aromatic heterocycles. The number of hydrogen-bond acceptors (Lipinski definition) is 6. The zero-order valence-electron chi connectivity index (χ0n) is 32.3. The van der Waals surface area contributed by atoms with Crippen molar-refractivity contribution in [2.75, 3.05) is 79.7 Å². The van der Waals surface area contributed by atoms with Crippen LogP contribution in [0.1, 0.15) is 70.2 Å². The molecule has 8 heteroatoms. The van der Waals surface area contributed by atoms with Gasteiger partial charge in [-0.25, -0.2) is 0 Å². The lowest BCUT2D eigenvalue weighted by Crippen LogP contribution is -2.50. The van der Waals surface area contributed by atoms with Gasteiger partial charge in [-0.05, 0) is 53.6 Å². The van der Waals surface area contributed by atoms with Crippen molar-refractivity contribution in [2.24, 2.45) is 0 Å². The van der Waals surface area contributed by atoms with E-state index in [1.807, 2.05) is 46.3 Å². The van der Waals surface area contributed by atoms with Crippen LogP contribution in [0.3, 0.4) is 0 Å². The zero-order valence-corrected chi connectivity index (χ0v) is 32.3. The largest absolute Gasteiger partial charge is 0.496 e. The lowest BCUT2D eigenvalue weighted by Gasteiger charge is -2.36. The van der Waals surface area contributed by atoms with E-state index in [0.717, 1.165) is 94.5 Å².